The number of nitrogens with one attached hydrogen (secondary N) is 2. The second-order valence-electron chi connectivity index (χ2n) is 7.09. The molecule has 2 N–H and O–H groups in total. The van der Waals surface area contributed by atoms with Crippen LogP contribution in [0.5, 0.6) is 0 Å². The molecule has 0 radical (unpaired) electrons. The van der Waals surface area contributed by atoms with Gasteiger partial charge in [-0.15, -0.1) is 0 Å². The van der Waals surface area contributed by atoms with Crippen molar-refractivity contribution in [3.8, 4) is 0 Å². The molecule has 0 spiro atoms. The smallest absolute Gasteiger partial charge is 0.191 e. The van der Waals surface area contributed by atoms with Crippen molar-refractivity contribution in [2.24, 2.45) is 12.0 Å². The van der Waals surface area contributed by atoms with E-state index in [-0.39, 0.29) is 0 Å². The van der Waals surface area contributed by atoms with Gasteiger partial charge in [0.2, 0.25) is 0 Å². The van der Waals surface area contributed by atoms with Crippen molar-refractivity contribution in [1.29, 1.82) is 0 Å². The first kappa shape index (κ1) is 22.0. The minimum Gasteiger partial charge on any atom is -0.379 e. The van der Waals surface area contributed by atoms with Crippen LogP contribution in [0.3, 0.4) is 0 Å². The number of hydrogen-bond acceptors (Lipinski definition) is 3. The Hall–Kier alpha value is -1.73. The van der Waals surface area contributed by atoms with Crippen LogP contribution < -0.4 is 10.6 Å². The fraction of sp³-hybridized carbons (Fsp3) is 0.476. The van der Waals surface area contributed by atoms with E-state index in [0.717, 1.165) is 51.0 Å². The predicted molar refractivity (Wildman–Crippen MR) is 120 cm³/mol. The predicted octanol–water partition coefficient (Wildman–Crippen LogP) is 3.42. The second-order valence-corrected chi connectivity index (χ2v) is 7.86. The highest BCUT2D eigenvalue weighted by Crippen LogP contribution is 2.24. The summed E-state index contributed by atoms with van der Waals surface area (Å²) >= 11 is 12.2. The van der Waals surface area contributed by atoms with Gasteiger partial charge in [-0.3, -0.25) is 4.90 Å². The molecule has 0 atom stereocenters. The molecule has 0 bridgehead atoms. The van der Waals surface area contributed by atoms with Gasteiger partial charge in [0, 0.05) is 38.9 Å². The number of aliphatic imine (C=N–C) groups is 1. The zero-order chi connectivity index (χ0) is 20.6. The lowest BCUT2D eigenvalue weighted by Gasteiger charge is -2.26. The Labute approximate surface area is 182 Å². The summed E-state index contributed by atoms with van der Waals surface area (Å²) in [5.74, 6) is 0.763. The summed E-state index contributed by atoms with van der Waals surface area (Å²) in [4.78, 5) is 7.16. The third-order valence-electron chi connectivity index (χ3n) is 4.92. The van der Waals surface area contributed by atoms with Crippen molar-refractivity contribution in [3.05, 3.63) is 57.3 Å². The van der Waals surface area contributed by atoms with Gasteiger partial charge in [-0.1, -0.05) is 47.5 Å². The molecule has 8 heteroatoms. The molecule has 1 fully saturated rings. The van der Waals surface area contributed by atoms with Gasteiger partial charge in [0.1, 0.15) is 5.15 Å². The number of aromatic nitrogens is 1. The van der Waals surface area contributed by atoms with Gasteiger partial charge in [-0.2, -0.15) is 0 Å². The molecule has 3 rings (SSSR count). The Morgan fingerprint density at radius 3 is 2.59 bits per heavy atom. The van der Waals surface area contributed by atoms with Crippen LogP contribution in [0, 0.1) is 0 Å². The average Bonchev–Trinajstić information content (AvgIpc) is 2.98. The number of rotatable bonds is 7. The molecule has 1 aliphatic rings. The first-order chi connectivity index (χ1) is 14.1. The van der Waals surface area contributed by atoms with Gasteiger partial charge >= 0.3 is 0 Å². The molecule has 1 aromatic carbocycles. The Balaban J connectivity index is 1.60. The molecule has 0 amide bonds. The van der Waals surface area contributed by atoms with Crippen molar-refractivity contribution >= 4 is 29.2 Å². The lowest BCUT2D eigenvalue weighted by molar-refractivity contribution is 0.0342. The number of ether oxygens (including phenoxy) is 1. The number of morpholine rings is 1. The molecule has 1 aliphatic heterocycles. The average molecular weight is 438 g/mol. The van der Waals surface area contributed by atoms with Gasteiger partial charge in [-0.25, -0.2) is 4.99 Å². The van der Waals surface area contributed by atoms with E-state index in [1.54, 1.807) is 0 Å². The van der Waals surface area contributed by atoms with E-state index in [0.29, 0.717) is 23.3 Å². The highest BCUT2D eigenvalue weighted by atomic mass is 35.5. The number of benzene rings is 1. The largest absolute Gasteiger partial charge is 0.379 e. The maximum absolute atomic E-state index is 6.15. The van der Waals surface area contributed by atoms with E-state index in [4.69, 9.17) is 32.9 Å². The Kier molecular flexibility index (Phi) is 8.24. The number of nitrogens with zero attached hydrogens (tertiary/aromatic N) is 3. The zero-order valence-electron chi connectivity index (χ0n) is 17.0. The summed E-state index contributed by atoms with van der Waals surface area (Å²) in [5, 5.41) is 7.74. The Morgan fingerprint density at radius 1 is 1.14 bits per heavy atom. The van der Waals surface area contributed by atoms with Crippen molar-refractivity contribution in [3.63, 3.8) is 0 Å². The highest BCUT2D eigenvalue weighted by molar-refractivity contribution is 6.41. The summed E-state index contributed by atoms with van der Waals surface area (Å²) in [7, 11) is 1.90. The summed E-state index contributed by atoms with van der Waals surface area (Å²) in [5.41, 5.74) is 3.50. The minimum absolute atomic E-state index is 0.544. The maximum Gasteiger partial charge on any atom is 0.191 e. The first-order valence-corrected chi connectivity index (χ1v) is 10.7. The second kappa shape index (κ2) is 10.9. The number of halogens is 2. The molecule has 0 aliphatic carbocycles. The van der Waals surface area contributed by atoms with Crippen LogP contribution in [0.2, 0.25) is 10.2 Å². The van der Waals surface area contributed by atoms with Crippen LogP contribution >= 0.6 is 23.2 Å². The van der Waals surface area contributed by atoms with Crippen LogP contribution in [-0.2, 0) is 31.4 Å². The molecule has 1 aromatic heterocycles. The van der Waals surface area contributed by atoms with Crippen LogP contribution in [0.4, 0.5) is 0 Å². The van der Waals surface area contributed by atoms with Crippen molar-refractivity contribution in [2.75, 3.05) is 32.8 Å². The monoisotopic (exact) mass is 437 g/mol. The standard InChI is InChI=1S/C21H29Cl2N5O/c1-3-24-21(26-14-18-12-19(22)20(23)27(18)2)25-13-16-5-4-6-17(11-16)15-28-7-9-29-10-8-28/h4-6,11-12H,3,7-10,13-15H2,1-2H3,(H2,24,25,26). The molecule has 1 saturated heterocycles. The summed E-state index contributed by atoms with van der Waals surface area (Å²) in [6.45, 7) is 8.61. The van der Waals surface area contributed by atoms with Crippen molar-refractivity contribution in [1.82, 2.24) is 20.1 Å². The lowest BCUT2D eigenvalue weighted by Crippen LogP contribution is -2.37. The molecule has 0 unspecified atom stereocenters. The maximum atomic E-state index is 6.15. The van der Waals surface area contributed by atoms with Crippen LogP contribution in [0.25, 0.3) is 0 Å². The molecule has 29 heavy (non-hydrogen) atoms. The van der Waals surface area contributed by atoms with Crippen LogP contribution in [0.1, 0.15) is 23.7 Å². The third-order valence-corrected chi connectivity index (χ3v) is 5.76. The summed E-state index contributed by atoms with van der Waals surface area (Å²) in [6.07, 6.45) is 0. The molecule has 2 heterocycles. The van der Waals surface area contributed by atoms with Crippen LogP contribution in [-0.4, -0.2) is 48.3 Å². The van der Waals surface area contributed by atoms with Gasteiger partial charge in [0.15, 0.2) is 5.96 Å². The highest BCUT2D eigenvalue weighted by Gasteiger charge is 2.11. The topological polar surface area (TPSA) is 53.8 Å². The summed E-state index contributed by atoms with van der Waals surface area (Å²) in [6, 6.07) is 10.5. The molecular formula is C21H29Cl2N5O. The quantitative estimate of drug-likeness (QED) is 0.514. The van der Waals surface area contributed by atoms with E-state index in [1.165, 1.54) is 11.1 Å². The van der Waals surface area contributed by atoms with E-state index in [2.05, 4.69) is 46.7 Å². The number of guanidine groups is 1. The Bertz CT molecular complexity index is 830. The fourth-order valence-corrected chi connectivity index (χ4v) is 3.70. The normalized spacial score (nSPS) is 15.5. The number of hydrogen-bond donors (Lipinski definition) is 2. The van der Waals surface area contributed by atoms with Crippen LogP contribution in [0.15, 0.2) is 35.3 Å². The van der Waals surface area contributed by atoms with Gasteiger partial charge in [0.05, 0.1) is 31.3 Å². The molecule has 6 nitrogen and oxygen atoms in total. The van der Waals surface area contributed by atoms with E-state index < -0.39 is 0 Å². The molecular weight excluding hydrogens is 409 g/mol. The van der Waals surface area contributed by atoms with Crippen molar-refractivity contribution < 1.29 is 4.74 Å². The lowest BCUT2D eigenvalue weighted by atomic mass is 10.1. The fourth-order valence-electron chi connectivity index (χ4n) is 3.29. The third kappa shape index (κ3) is 6.37. The van der Waals surface area contributed by atoms with E-state index >= 15 is 0 Å². The first-order valence-electron chi connectivity index (χ1n) is 9.96. The minimum atomic E-state index is 0.544. The van der Waals surface area contributed by atoms with Gasteiger partial charge < -0.3 is 19.9 Å². The van der Waals surface area contributed by atoms with Gasteiger partial charge in [0.25, 0.3) is 0 Å². The molecule has 2 aromatic rings. The molecule has 0 saturated carbocycles. The summed E-state index contributed by atoms with van der Waals surface area (Å²) < 4.78 is 7.30. The van der Waals surface area contributed by atoms with E-state index in [9.17, 15) is 0 Å². The van der Waals surface area contributed by atoms with E-state index in [1.807, 2.05) is 17.7 Å². The SMILES string of the molecule is CCNC(=NCc1cccc(CN2CCOCC2)c1)NCc1cc(Cl)c(Cl)n1C. The Morgan fingerprint density at radius 2 is 1.90 bits per heavy atom. The molecule has 158 valence electrons. The van der Waals surface area contributed by atoms with Gasteiger partial charge in [-0.05, 0) is 24.1 Å². The van der Waals surface area contributed by atoms with Crippen molar-refractivity contribution in [2.45, 2.75) is 26.6 Å². The zero-order valence-corrected chi connectivity index (χ0v) is 18.6.